The number of rotatable bonds is 0. The van der Waals surface area contributed by atoms with E-state index in [0.717, 1.165) is 0 Å². The van der Waals surface area contributed by atoms with Gasteiger partial charge in [-0.2, -0.15) is 0 Å². The van der Waals surface area contributed by atoms with E-state index in [2.05, 4.69) is 58.2 Å². The maximum Gasteiger partial charge on any atom is 0.196 e. The lowest BCUT2D eigenvalue weighted by Crippen LogP contribution is -1.93. The van der Waals surface area contributed by atoms with E-state index < -0.39 is 2.14 Å². The molecule has 1 aromatic rings. The topological polar surface area (TPSA) is 38.9 Å². The molecule has 0 N–H and O–H groups in total. The van der Waals surface area contributed by atoms with Crippen molar-refractivity contribution in [2.24, 2.45) is 0 Å². The van der Waals surface area contributed by atoms with Crippen molar-refractivity contribution < 1.29 is 4.52 Å². The molecule has 50 valence electrons. The monoisotopic (exact) mass is 318 g/mol. The van der Waals surface area contributed by atoms with E-state index in [1.165, 1.54) is 6.20 Å². The predicted molar refractivity (Wildman–Crippen MR) is 42.8 cm³/mol. The molecule has 0 atom stereocenters. The maximum absolute atomic E-state index is 4.70. The molecule has 0 aromatic carbocycles. The summed E-state index contributed by atoms with van der Waals surface area (Å²) in [6, 6.07) is 0. The average Bonchev–Trinajstić information content (AvgIpc) is 2.08. The first-order valence-electron chi connectivity index (χ1n) is 1.95. The molecule has 0 amide bonds. The molecule has 0 aliphatic rings. The van der Waals surface area contributed by atoms with Gasteiger partial charge in [0.2, 0.25) is 0 Å². The van der Waals surface area contributed by atoms with Gasteiger partial charge in [-0.15, -0.1) is 5.10 Å². The predicted octanol–water partition coefficient (Wildman–Crippen LogP) is 2.36. The summed E-state index contributed by atoms with van der Waals surface area (Å²) in [5, 5.41) is 6.76. The van der Waals surface area contributed by atoms with Crippen molar-refractivity contribution in [2.75, 3.05) is 0 Å². The number of nitrogens with zero attached hydrogens (tertiary/aromatic N) is 2. The zero-order chi connectivity index (χ0) is 6.91. The van der Waals surface area contributed by atoms with E-state index in [0.29, 0.717) is 5.76 Å². The minimum Gasteiger partial charge on any atom is -0.339 e. The van der Waals surface area contributed by atoms with Gasteiger partial charge in [0.25, 0.3) is 0 Å². The Hall–Kier alpha value is 0.580. The van der Waals surface area contributed by atoms with Gasteiger partial charge >= 0.3 is 0 Å². The van der Waals surface area contributed by atoms with E-state index in [4.69, 9.17) is 4.52 Å². The van der Waals surface area contributed by atoms with Crippen LogP contribution in [0.15, 0.2) is 10.7 Å². The van der Waals surface area contributed by atoms with Crippen molar-refractivity contribution in [3.63, 3.8) is 0 Å². The summed E-state index contributed by atoms with van der Waals surface area (Å²) in [4.78, 5) is 0. The highest BCUT2D eigenvalue weighted by Gasteiger charge is 2.25. The first kappa shape index (κ1) is 7.68. The van der Waals surface area contributed by atoms with Crippen LogP contribution in [-0.4, -0.2) is 10.4 Å². The van der Waals surface area contributed by atoms with Crippen molar-refractivity contribution in [3.8, 4) is 0 Å². The fourth-order valence-corrected chi connectivity index (χ4v) is 0.816. The van der Waals surface area contributed by atoms with Gasteiger partial charge in [0, 0.05) is 5.27 Å². The Labute approximate surface area is 76.6 Å². The molecule has 9 heavy (non-hydrogen) atoms. The van der Waals surface area contributed by atoms with E-state index in [1.54, 1.807) is 0 Å². The Morgan fingerprint density at radius 1 is 1.44 bits per heavy atom. The molecule has 0 saturated carbocycles. The van der Waals surface area contributed by atoms with Gasteiger partial charge < -0.3 is 4.52 Å². The minimum atomic E-state index is -0.531. The molecule has 0 aliphatic heterocycles. The van der Waals surface area contributed by atoms with E-state index in [-0.39, 0.29) is 0 Å². The minimum absolute atomic E-state index is 0.531. The van der Waals surface area contributed by atoms with Crippen LogP contribution < -0.4 is 0 Å². The Bertz CT molecular complexity index is 179. The second-order valence-electron chi connectivity index (χ2n) is 1.28. The largest absolute Gasteiger partial charge is 0.339 e. The van der Waals surface area contributed by atoms with Crippen molar-refractivity contribution in [2.45, 2.75) is 2.14 Å². The van der Waals surface area contributed by atoms with E-state index >= 15 is 0 Å². The van der Waals surface area contributed by atoms with Crippen molar-refractivity contribution >= 4 is 47.8 Å². The Kier molecular flexibility index (Phi) is 2.28. The summed E-state index contributed by atoms with van der Waals surface area (Å²) in [5.41, 5.74) is 0. The molecule has 1 aromatic heterocycles. The third-order valence-corrected chi connectivity index (χ3v) is 1.81. The van der Waals surface area contributed by atoms with Crippen molar-refractivity contribution in [3.05, 3.63) is 12.0 Å². The molecule has 3 nitrogen and oxygen atoms in total. The molecule has 0 radical (unpaired) electrons. The van der Waals surface area contributed by atoms with Gasteiger partial charge in [-0.1, -0.05) is 47.8 Å². The molecule has 0 bridgehead atoms. The summed E-state index contributed by atoms with van der Waals surface area (Å²) in [7, 11) is 0. The fourth-order valence-electron chi connectivity index (χ4n) is 0.292. The zero-order valence-electron chi connectivity index (χ0n) is 4.01. The second-order valence-corrected chi connectivity index (χ2v) is 8.04. The van der Waals surface area contributed by atoms with Crippen molar-refractivity contribution in [1.29, 1.82) is 0 Å². The second kappa shape index (κ2) is 2.67. The van der Waals surface area contributed by atoms with Crippen molar-refractivity contribution in [1.82, 2.24) is 10.4 Å². The molecule has 1 heterocycles. The third kappa shape index (κ3) is 2.01. The average molecular weight is 321 g/mol. The molecular weight excluding hydrogens is 320 g/mol. The highest BCUT2D eigenvalue weighted by molar-refractivity contribution is 9.38. The number of halogens is 3. The molecule has 6 heteroatoms. The normalized spacial score (nSPS) is 11.9. The molecular formula is C3HBr3N2O. The molecule has 0 aliphatic carbocycles. The van der Waals surface area contributed by atoms with Gasteiger partial charge in [0.1, 0.15) is 0 Å². The lowest BCUT2D eigenvalue weighted by molar-refractivity contribution is 0.369. The number of hydrogen-bond donors (Lipinski definition) is 0. The summed E-state index contributed by atoms with van der Waals surface area (Å²) in [6.07, 6.45) is 1.50. The Morgan fingerprint density at radius 2 is 2.11 bits per heavy atom. The first-order valence-corrected chi connectivity index (χ1v) is 4.33. The van der Waals surface area contributed by atoms with Crippen LogP contribution in [0.3, 0.4) is 0 Å². The lowest BCUT2D eigenvalue weighted by atomic mass is 10.6. The van der Waals surface area contributed by atoms with E-state index in [1.807, 2.05) is 0 Å². The fraction of sp³-hybridized carbons (Fsp3) is 0.333. The zero-order valence-corrected chi connectivity index (χ0v) is 8.77. The molecule has 0 fully saturated rings. The summed E-state index contributed by atoms with van der Waals surface area (Å²) < 4.78 is 4.16. The van der Waals surface area contributed by atoms with Crippen LogP contribution in [-0.2, 0) is 2.14 Å². The lowest BCUT2D eigenvalue weighted by Gasteiger charge is -2.03. The molecule has 1 rings (SSSR count). The number of hydrogen-bond acceptors (Lipinski definition) is 3. The standard InChI is InChI=1S/C3HBr3N2O/c4-3(5,6)2-1-7-8-9-2/h1H. The highest BCUT2D eigenvalue weighted by Crippen LogP contribution is 2.43. The van der Waals surface area contributed by atoms with Crippen LogP contribution in [0.5, 0.6) is 0 Å². The molecule has 0 unspecified atom stereocenters. The summed E-state index contributed by atoms with van der Waals surface area (Å²) in [6.45, 7) is 0. The maximum atomic E-state index is 4.70. The first-order chi connectivity index (χ1) is 4.11. The van der Waals surface area contributed by atoms with Crippen LogP contribution in [0.1, 0.15) is 5.76 Å². The smallest absolute Gasteiger partial charge is 0.196 e. The number of alkyl halides is 3. The van der Waals surface area contributed by atoms with Crippen LogP contribution >= 0.6 is 47.8 Å². The molecule has 0 spiro atoms. The van der Waals surface area contributed by atoms with Gasteiger partial charge in [0.05, 0.1) is 6.20 Å². The quantitative estimate of drug-likeness (QED) is 0.689. The molecule has 0 saturated heterocycles. The SMILES string of the molecule is BrC(Br)(Br)c1cnno1. The van der Waals surface area contributed by atoms with Crippen LogP contribution in [0.2, 0.25) is 0 Å². The highest BCUT2D eigenvalue weighted by atomic mass is 80.0. The van der Waals surface area contributed by atoms with Crippen LogP contribution in [0, 0.1) is 0 Å². The van der Waals surface area contributed by atoms with Gasteiger partial charge in [0.15, 0.2) is 7.90 Å². The van der Waals surface area contributed by atoms with Gasteiger partial charge in [-0.3, -0.25) is 0 Å². The van der Waals surface area contributed by atoms with Crippen LogP contribution in [0.25, 0.3) is 0 Å². The summed E-state index contributed by atoms with van der Waals surface area (Å²) >= 11 is 9.68. The van der Waals surface area contributed by atoms with Gasteiger partial charge in [-0.25, -0.2) is 0 Å². The number of aromatic nitrogens is 2. The van der Waals surface area contributed by atoms with E-state index in [9.17, 15) is 0 Å². The van der Waals surface area contributed by atoms with Gasteiger partial charge in [-0.05, 0) is 0 Å². The summed E-state index contributed by atoms with van der Waals surface area (Å²) in [5.74, 6) is 0.572. The Balaban J connectivity index is 2.90. The van der Waals surface area contributed by atoms with Crippen LogP contribution in [0.4, 0.5) is 0 Å². The Morgan fingerprint density at radius 3 is 2.33 bits per heavy atom. The third-order valence-electron chi connectivity index (χ3n) is 0.641.